The van der Waals surface area contributed by atoms with Crippen molar-refractivity contribution in [2.75, 3.05) is 23.9 Å². The Hall–Kier alpha value is -4.02. The van der Waals surface area contributed by atoms with Gasteiger partial charge in [0.05, 0.1) is 17.8 Å². The fourth-order valence-corrected chi connectivity index (χ4v) is 4.12. The van der Waals surface area contributed by atoms with Crippen LogP contribution in [-0.4, -0.2) is 56.9 Å². The summed E-state index contributed by atoms with van der Waals surface area (Å²) in [6.07, 6.45) is 0.205. The maximum Gasteiger partial charge on any atom is 0.407 e. The van der Waals surface area contributed by atoms with E-state index in [0.29, 0.717) is 34.4 Å². The molecule has 1 aliphatic heterocycles. The monoisotopic (exact) mass is 492 g/mol. The predicted octanol–water partition coefficient (Wildman–Crippen LogP) is 3.18. The molecule has 0 radical (unpaired) electrons. The maximum atomic E-state index is 13.6. The molecule has 0 bridgehead atoms. The number of anilines is 2. The molecule has 0 aliphatic carbocycles. The summed E-state index contributed by atoms with van der Waals surface area (Å²) in [6.45, 7) is 9.10. The van der Waals surface area contributed by atoms with Gasteiger partial charge < -0.3 is 19.5 Å². The van der Waals surface area contributed by atoms with Gasteiger partial charge in [0.25, 0.3) is 5.91 Å². The first-order chi connectivity index (χ1) is 17.3. The summed E-state index contributed by atoms with van der Waals surface area (Å²) in [5, 5.41) is 11.1. The standard InChI is InChI=1S/C25H32N8O3/c1-7-20-29-30-23(32(20)8-2)18-10-9-11-21(27-18)33-13-17-16(24(33)34)12-22(31(6)15(3)4)28-19(17)14-36-25(35)26-5/h9-12,15H,7-8,13-14H2,1-6H3,(H,26,35). The largest absolute Gasteiger partial charge is 0.443 e. The molecule has 0 saturated heterocycles. The van der Waals surface area contributed by atoms with Gasteiger partial charge in [-0.15, -0.1) is 10.2 Å². The molecule has 3 aromatic rings. The number of amides is 2. The number of aromatic nitrogens is 5. The van der Waals surface area contributed by atoms with E-state index in [-0.39, 0.29) is 25.1 Å². The molecule has 11 nitrogen and oxygen atoms in total. The second kappa shape index (κ2) is 10.3. The topological polar surface area (TPSA) is 118 Å². The first-order valence-electron chi connectivity index (χ1n) is 12.1. The molecular formula is C25H32N8O3. The fourth-order valence-electron chi connectivity index (χ4n) is 4.12. The molecule has 36 heavy (non-hydrogen) atoms. The number of alkyl carbamates (subject to hydrolysis) is 1. The molecule has 1 N–H and O–H groups in total. The molecule has 190 valence electrons. The number of carbonyl (C=O) groups is 2. The third-order valence-corrected chi connectivity index (χ3v) is 6.37. The van der Waals surface area contributed by atoms with Crippen molar-refractivity contribution in [1.29, 1.82) is 0 Å². The van der Waals surface area contributed by atoms with Crippen LogP contribution in [0.4, 0.5) is 16.4 Å². The van der Waals surface area contributed by atoms with Gasteiger partial charge in [-0.2, -0.15) is 0 Å². The highest BCUT2D eigenvalue weighted by molar-refractivity contribution is 6.10. The molecule has 0 atom stereocenters. The summed E-state index contributed by atoms with van der Waals surface area (Å²) < 4.78 is 7.32. The number of nitrogens with one attached hydrogen (secondary N) is 1. The summed E-state index contributed by atoms with van der Waals surface area (Å²) in [7, 11) is 3.41. The van der Waals surface area contributed by atoms with E-state index in [0.717, 1.165) is 24.4 Å². The van der Waals surface area contributed by atoms with Crippen LogP contribution in [-0.2, 0) is 30.9 Å². The predicted molar refractivity (Wildman–Crippen MR) is 136 cm³/mol. The van der Waals surface area contributed by atoms with Crippen LogP contribution in [0, 0.1) is 0 Å². The molecule has 0 saturated carbocycles. The molecule has 3 aromatic heterocycles. The minimum Gasteiger partial charge on any atom is -0.443 e. The van der Waals surface area contributed by atoms with Gasteiger partial charge in [0, 0.05) is 38.7 Å². The number of hydrogen-bond acceptors (Lipinski definition) is 8. The van der Waals surface area contributed by atoms with E-state index in [1.54, 1.807) is 17.0 Å². The zero-order valence-electron chi connectivity index (χ0n) is 21.6. The number of ether oxygens (including phenoxy) is 1. The zero-order valence-corrected chi connectivity index (χ0v) is 21.6. The first-order valence-corrected chi connectivity index (χ1v) is 12.1. The fraction of sp³-hybridized carbons (Fsp3) is 0.440. The van der Waals surface area contributed by atoms with Crippen molar-refractivity contribution >= 4 is 23.6 Å². The second-order valence-electron chi connectivity index (χ2n) is 8.79. The molecule has 11 heteroatoms. The van der Waals surface area contributed by atoms with Crippen LogP contribution in [0.15, 0.2) is 24.3 Å². The highest BCUT2D eigenvalue weighted by atomic mass is 16.5. The van der Waals surface area contributed by atoms with Gasteiger partial charge in [-0.1, -0.05) is 13.0 Å². The third kappa shape index (κ3) is 4.60. The smallest absolute Gasteiger partial charge is 0.407 e. The molecule has 0 aromatic carbocycles. The quantitative estimate of drug-likeness (QED) is 0.509. The van der Waals surface area contributed by atoms with Crippen LogP contribution in [0.2, 0.25) is 0 Å². The molecule has 1 aliphatic rings. The Kier molecular flexibility index (Phi) is 7.18. The average molecular weight is 493 g/mol. The normalized spacial score (nSPS) is 12.8. The minimum atomic E-state index is -0.560. The van der Waals surface area contributed by atoms with Gasteiger partial charge in [-0.3, -0.25) is 9.69 Å². The Balaban J connectivity index is 1.72. The average Bonchev–Trinajstić information content (AvgIpc) is 3.47. The van der Waals surface area contributed by atoms with E-state index in [2.05, 4.69) is 15.5 Å². The number of hydrogen-bond donors (Lipinski definition) is 1. The van der Waals surface area contributed by atoms with E-state index >= 15 is 0 Å². The highest BCUT2D eigenvalue weighted by Crippen LogP contribution is 2.33. The SMILES string of the molecule is CCc1nnc(-c2cccc(N3Cc4c(cc(N(C)C(C)C)nc4COC(=O)NC)C3=O)n2)n1CC. The van der Waals surface area contributed by atoms with Crippen molar-refractivity contribution in [1.82, 2.24) is 30.0 Å². The van der Waals surface area contributed by atoms with Crippen LogP contribution in [0.3, 0.4) is 0 Å². The summed E-state index contributed by atoms with van der Waals surface area (Å²) in [6, 6.07) is 7.49. The van der Waals surface area contributed by atoms with Crippen molar-refractivity contribution in [3.05, 3.63) is 46.9 Å². The van der Waals surface area contributed by atoms with Gasteiger partial charge in [0.1, 0.15) is 29.8 Å². The number of fused-ring (bicyclic) bond motifs is 1. The lowest BCUT2D eigenvalue weighted by molar-refractivity contribution is 0.0996. The van der Waals surface area contributed by atoms with Gasteiger partial charge >= 0.3 is 6.09 Å². The van der Waals surface area contributed by atoms with Crippen LogP contribution in [0.5, 0.6) is 0 Å². The lowest BCUT2D eigenvalue weighted by atomic mass is 10.1. The molecule has 4 rings (SSSR count). The van der Waals surface area contributed by atoms with Crippen molar-refractivity contribution in [3.8, 4) is 11.5 Å². The lowest BCUT2D eigenvalue weighted by Crippen LogP contribution is -2.27. The Morgan fingerprint density at radius 3 is 2.67 bits per heavy atom. The maximum absolute atomic E-state index is 13.6. The van der Waals surface area contributed by atoms with Crippen molar-refractivity contribution in [2.45, 2.75) is 59.9 Å². The van der Waals surface area contributed by atoms with Crippen molar-refractivity contribution in [2.24, 2.45) is 0 Å². The van der Waals surface area contributed by atoms with Gasteiger partial charge in [-0.25, -0.2) is 14.8 Å². The number of nitrogens with zero attached hydrogens (tertiary/aromatic N) is 7. The van der Waals surface area contributed by atoms with Crippen LogP contribution < -0.4 is 15.1 Å². The van der Waals surface area contributed by atoms with Crippen LogP contribution in [0.25, 0.3) is 11.5 Å². The lowest BCUT2D eigenvalue weighted by Gasteiger charge is -2.23. The Morgan fingerprint density at radius 1 is 1.22 bits per heavy atom. The van der Waals surface area contributed by atoms with E-state index in [1.165, 1.54) is 7.05 Å². The highest BCUT2D eigenvalue weighted by Gasteiger charge is 2.34. The van der Waals surface area contributed by atoms with Crippen LogP contribution >= 0.6 is 0 Å². The number of rotatable bonds is 8. The number of aryl methyl sites for hydroxylation is 1. The number of pyridine rings is 2. The van der Waals surface area contributed by atoms with Gasteiger partial charge in [0.15, 0.2) is 5.82 Å². The minimum absolute atomic E-state index is 0.0459. The molecular weight excluding hydrogens is 460 g/mol. The first kappa shape index (κ1) is 25.1. The van der Waals surface area contributed by atoms with Crippen molar-refractivity contribution in [3.63, 3.8) is 0 Å². The molecule has 2 amide bonds. The summed E-state index contributed by atoms with van der Waals surface area (Å²) in [5.74, 6) is 2.53. The Bertz CT molecular complexity index is 1290. The van der Waals surface area contributed by atoms with E-state index in [4.69, 9.17) is 14.7 Å². The Morgan fingerprint density at radius 2 is 2.00 bits per heavy atom. The summed E-state index contributed by atoms with van der Waals surface area (Å²) >= 11 is 0. The summed E-state index contributed by atoms with van der Waals surface area (Å²) in [5.41, 5.74) is 2.44. The third-order valence-electron chi connectivity index (χ3n) is 6.37. The van der Waals surface area contributed by atoms with E-state index in [9.17, 15) is 9.59 Å². The molecule has 0 spiro atoms. The van der Waals surface area contributed by atoms with Crippen molar-refractivity contribution < 1.29 is 14.3 Å². The van der Waals surface area contributed by atoms with Gasteiger partial charge in [-0.05, 0) is 39.0 Å². The Labute approximate surface area is 210 Å². The molecule has 0 unspecified atom stereocenters. The van der Waals surface area contributed by atoms with Crippen LogP contribution in [0.1, 0.15) is 55.1 Å². The van der Waals surface area contributed by atoms with Gasteiger partial charge in [0.2, 0.25) is 0 Å². The molecule has 0 fully saturated rings. The second-order valence-corrected chi connectivity index (χ2v) is 8.79. The number of carbonyl (C=O) groups excluding carboxylic acids is 2. The summed E-state index contributed by atoms with van der Waals surface area (Å²) in [4.78, 5) is 38.4. The van der Waals surface area contributed by atoms with E-state index < -0.39 is 6.09 Å². The molecule has 4 heterocycles. The zero-order chi connectivity index (χ0) is 26.0. The van der Waals surface area contributed by atoms with E-state index in [1.807, 2.05) is 56.3 Å².